The molecular formula is C18H23ClN2O3S2. The van der Waals surface area contributed by atoms with Crippen LogP contribution in [-0.2, 0) is 16.1 Å². The smallest absolute Gasteiger partial charge is 0.348 e. The van der Waals surface area contributed by atoms with Crippen molar-refractivity contribution >= 4 is 56.4 Å². The summed E-state index contributed by atoms with van der Waals surface area (Å²) < 4.78 is 7.35. The monoisotopic (exact) mass is 414 g/mol. The molecular weight excluding hydrogens is 392 g/mol. The van der Waals surface area contributed by atoms with E-state index < -0.39 is 0 Å². The maximum Gasteiger partial charge on any atom is 0.348 e. The Bertz CT molecular complexity index is 811. The second-order valence-corrected chi connectivity index (χ2v) is 8.80. The number of fused-ring (bicyclic) bond motifs is 1. The number of halogens is 1. The molecule has 1 unspecified atom stereocenters. The quantitative estimate of drug-likeness (QED) is 0.734. The molecule has 2 N–H and O–H groups in total. The van der Waals surface area contributed by atoms with Gasteiger partial charge < -0.3 is 15.4 Å². The topological polar surface area (TPSA) is 67.4 Å². The first-order valence-electron chi connectivity index (χ1n) is 8.79. The zero-order valence-electron chi connectivity index (χ0n) is 14.6. The van der Waals surface area contributed by atoms with Gasteiger partial charge in [0.1, 0.15) is 4.88 Å². The Morgan fingerprint density at radius 2 is 2.15 bits per heavy atom. The van der Waals surface area contributed by atoms with Gasteiger partial charge in [0.2, 0.25) is 5.91 Å². The number of carbonyl (C=O) groups is 2. The standard InChI is InChI=1S/C18H22N2O3S2.ClH/c1-2-23-17(22)15-11(14-13(25-15)3-8-24-14)10-20-16(21)12-9-18(12)4-6-19-7-5-18;/h3,8,12,19H,2,4-7,9-10H2,1H3,(H,20,21);1H. The average molecular weight is 415 g/mol. The molecule has 1 aliphatic carbocycles. The number of amides is 1. The highest BCUT2D eigenvalue weighted by Crippen LogP contribution is 2.58. The van der Waals surface area contributed by atoms with E-state index in [1.54, 1.807) is 18.3 Å². The third-order valence-corrected chi connectivity index (χ3v) is 7.68. The summed E-state index contributed by atoms with van der Waals surface area (Å²) in [4.78, 5) is 25.5. The van der Waals surface area contributed by atoms with Crippen LogP contribution in [0.1, 0.15) is 41.4 Å². The van der Waals surface area contributed by atoms with Crippen LogP contribution < -0.4 is 10.6 Å². The lowest BCUT2D eigenvalue weighted by molar-refractivity contribution is -0.123. The number of piperidine rings is 1. The molecule has 2 fully saturated rings. The lowest BCUT2D eigenvalue weighted by Crippen LogP contribution is -2.33. The minimum atomic E-state index is -0.290. The number of rotatable bonds is 5. The number of carbonyl (C=O) groups excluding carboxylic acids is 2. The molecule has 4 rings (SSSR count). The Hall–Kier alpha value is -1.15. The van der Waals surface area contributed by atoms with Gasteiger partial charge in [0, 0.05) is 22.7 Å². The molecule has 1 aliphatic heterocycles. The fourth-order valence-corrected chi connectivity index (χ4v) is 6.16. The normalized spacial score (nSPS) is 20.6. The van der Waals surface area contributed by atoms with Crippen LogP contribution in [0, 0.1) is 11.3 Å². The molecule has 1 atom stereocenters. The maximum atomic E-state index is 12.6. The van der Waals surface area contributed by atoms with Crippen LogP contribution in [0.4, 0.5) is 0 Å². The number of esters is 1. The van der Waals surface area contributed by atoms with Crippen molar-refractivity contribution in [3.63, 3.8) is 0 Å². The number of nitrogens with one attached hydrogen (secondary N) is 2. The number of hydrogen-bond donors (Lipinski definition) is 2. The van der Waals surface area contributed by atoms with E-state index in [2.05, 4.69) is 10.6 Å². The van der Waals surface area contributed by atoms with E-state index in [0.717, 1.165) is 47.3 Å². The Morgan fingerprint density at radius 1 is 1.38 bits per heavy atom. The van der Waals surface area contributed by atoms with Gasteiger partial charge in [-0.05, 0) is 56.1 Å². The van der Waals surface area contributed by atoms with Crippen LogP contribution in [0.2, 0.25) is 0 Å². The van der Waals surface area contributed by atoms with E-state index in [4.69, 9.17) is 4.74 Å². The molecule has 5 nitrogen and oxygen atoms in total. The highest BCUT2D eigenvalue weighted by atomic mass is 35.5. The van der Waals surface area contributed by atoms with Crippen molar-refractivity contribution in [1.82, 2.24) is 10.6 Å². The Labute approximate surface area is 166 Å². The van der Waals surface area contributed by atoms with E-state index in [1.165, 1.54) is 11.3 Å². The highest BCUT2D eigenvalue weighted by molar-refractivity contribution is 7.28. The summed E-state index contributed by atoms with van der Waals surface area (Å²) in [6, 6.07) is 2.02. The summed E-state index contributed by atoms with van der Waals surface area (Å²) in [6.45, 7) is 4.59. The second-order valence-electron chi connectivity index (χ2n) is 6.83. The summed E-state index contributed by atoms with van der Waals surface area (Å²) >= 11 is 3.06. The summed E-state index contributed by atoms with van der Waals surface area (Å²) in [5.74, 6) is -0.0212. The van der Waals surface area contributed by atoms with Crippen LogP contribution in [0.3, 0.4) is 0 Å². The molecule has 0 aromatic carbocycles. The zero-order valence-corrected chi connectivity index (χ0v) is 17.1. The van der Waals surface area contributed by atoms with Crippen molar-refractivity contribution in [3.8, 4) is 0 Å². The van der Waals surface area contributed by atoms with Gasteiger partial charge >= 0.3 is 5.97 Å². The first-order valence-corrected chi connectivity index (χ1v) is 10.5. The molecule has 2 aromatic rings. The van der Waals surface area contributed by atoms with Gasteiger partial charge in [0.15, 0.2) is 0 Å². The fraction of sp³-hybridized carbons (Fsp3) is 0.556. The number of thiophene rings is 2. The molecule has 2 aromatic heterocycles. The largest absolute Gasteiger partial charge is 0.462 e. The lowest BCUT2D eigenvalue weighted by atomic mass is 9.92. The van der Waals surface area contributed by atoms with Crippen LogP contribution in [0.15, 0.2) is 11.4 Å². The molecule has 2 aliphatic rings. The fourth-order valence-electron chi connectivity index (χ4n) is 3.89. The van der Waals surface area contributed by atoms with Crippen LogP contribution in [-0.4, -0.2) is 31.6 Å². The van der Waals surface area contributed by atoms with Gasteiger partial charge in [-0.15, -0.1) is 35.1 Å². The van der Waals surface area contributed by atoms with Crippen molar-refractivity contribution in [2.75, 3.05) is 19.7 Å². The van der Waals surface area contributed by atoms with Crippen molar-refractivity contribution in [1.29, 1.82) is 0 Å². The van der Waals surface area contributed by atoms with Gasteiger partial charge in [-0.25, -0.2) is 4.79 Å². The number of ether oxygens (including phenoxy) is 1. The predicted molar refractivity (Wildman–Crippen MR) is 107 cm³/mol. The second kappa shape index (κ2) is 7.84. The van der Waals surface area contributed by atoms with Crippen molar-refractivity contribution in [3.05, 3.63) is 21.9 Å². The molecule has 1 saturated heterocycles. The third-order valence-electron chi connectivity index (χ3n) is 5.40. The van der Waals surface area contributed by atoms with E-state index in [-0.39, 0.29) is 35.6 Å². The molecule has 8 heteroatoms. The van der Waals surface area contributed by atoms with Gasteiger partial charge in [-0.2, -0.15) is 0 Å². The van der Waals surface area contributed by atoms with Gasteiger partial charge in [0.25, 0.3) is 0 Å². The molecule has 0 radical (unpaired) electrons. The molecule has 26 heavy (non-hydrogen) atoms. The summed E-state index contributed by atoms with van der Waals surface area (Å²) in [5, 5.41) is 8.47. The molecule has 1 spiro atoms. The van der Waals surface area contributed by atoms with Crippen molar-refractivity contribution in [2.24, 2.45) is 11.3 Å². The molecule has 3 heterocycles. The summed E-state index contributed by atoms with van der Waals surface area (Å²) in [7, 11) is 0. The van der Waals surface area contributed by atoms with Crippen molar-refractivity contribution in [2.45, 2.75) is 32.7 Å². The first kappa shape index (κ1) is 19.6. The third kappa shape index (κ3) is 3.50. The Balaban J connectivity index is 0.00000196. The average Bonchev–Trinajstić information content (AvgIpc) is 2.95. The Kier molecular flexibility index (Phi) is 5.91. The van der Waals surface area contributed by atoms with Gasteiger partial charge in [0.05, 0.1) is 11.3 Å². The number of hydrogen-bond acceptors (Lipinski definition) is 6. The molecule has 1 amide bonds. The minimum absolute atomic E-state index is 0. The van der Waals surface area contributed by atoms with Crippen molar-refractivity contribution < 1.29 is 14.3 Å². The molecule has 142 valence electrons. The van der Waals surface area contributed by atoms with Gasteiger partial charge in [-0.3, -0.25) is 4.79 Å². The van der Waals surface area contributed by atoms with Crippen LogP contribution >= 0.6 is 35.1 Å². The van der Waals surface area contributed by atoms with Crippen LogP contribution in [0.5, 0.6) is 0 Å². The first-order chi connectivity index (χ1) is 12.1. The van der Waals surface area contributed by atoms with Crippen LogP contribution in [0.25, 0.3) is 9.40 Å². The SMILES string of the molecule is CCOC(=O)c1sc2ccsc2c1CNC(=O)C1CC12CCNCC2.Cl. The summed E-state index contributed by atoms with van der Waals surface area (Å²) in [6.07, 6.45) is 3.18. The van der Waals surface area contributed by atoms with E-state index >= 15 is 0 Å². The van der Waals surface area contributed by atoms with E-state index in [0.29, 0.717) is 18.0 Å². The zero-order chi connectivity index (χ0) is 17.4. The molecule has 0 bridgehead atoms. The lowest BCUT2D eigenvalue weighted by Gasteiger charge is -2.23. The predicted octanol–water partition coefficient (Wildman–Crippen LogP) is 3.57. The highest BCUT2D eigenvalue weighted by Gasteiger charge is 2.57. The van der Waals surface area contributed by atoms with E-state index in [1.807, 2.05) is 11.4 Å². The Morgan fingerprint density at radius 3 is 2.88 bits per heavy atom. The van der Waals surface area contributed by atoms with Gasteiger partial charge in [-0.1, -0.05) is 0 Å². The maximum absolute atomic E-state index is 12.6. The van der Waals surface area contributed by atoms with E-state index in [9.17, 15) is 9.59 Å². The molecule has 1 saturated carbocycles. The summed E-state index contributed by atoms with van der Waals surface area (Å²) in [5.41, 5.74) is 1.13. The minimum Gasteiger partial charge on any atom is -0.462 e.